The van der Waals surface area contributed by atoms with Crippen LogP contribution in [0.5, 0.6) is 0 Å². The van der Waals surface area contributed by atoms with Gasteiger partial charge in [0, 0.05) is 6.42 Å². The molecule has 1 unspecified atom stereocenters. The van der Waals surface area contributed by atoms with Crippen LogP contribution in [0.1, 0.15) is 59.3 Å². The van der Waals surface area contributed by atoms with Gasteiger partial charge in [0.05, 0.1) is 6.10 Å². The van der Waals surface area contributed by atoms with Crippen molar-refractivity contribution in [1.82, 2.24) is 0 Å². The first-order chi connectivity index (χ1) is 10.8. The van der Waals surface area contributed by atoms with Crippen LogP contribution in [0.2, 0.25) is 0 Å². The molecule has 0 heterocycles. The lowest BCUT2D eigenvalue weighted by Gasteiger charge is -2.54. The number of ether oxygens (including phenoxy) is 2. The fourth-order valence-electron chi connectivity index (χ4n) is 4.83. The molecule has 0 aliphatic heterocycles. The molecule has 0 aromatic rings. The second-order valence-corrected chi connectivity index (χ2v) is 8.20. The Kier molecular flexibility index (Phi) is 4.43. The van der Waals surface area contributed by atoms with Crippen molar-refractivity contribution in [3.8, 4) is 0 Å². The van der Waals surface area contributed by atoms with Crippen molar-refractivity contribution < 1.29 is 24.2 Å². The van der Waals surface area contributed by atoms with Gasteiger partial charge in [-0.15, -0.1) is 0 Å². The summed E-state index contributed by atoms with van der Waals surface area (Å²) in [4.78, 5) is 23.3. The van der Waals surface area contributed by atoms with Crippen molar-refractivity contribution in [1.29, 1.82) is 0 Å². The van der Waals surface area contributed by atoms with Crippen LogP contribution in [0, 0.1) is 29.1 Å². The first kappa shape index (κ1) is 16.7. The lowest BCUT2D eigenvalue weighted by molar-refractivity contribution is -0.230. The maximum Gasteiger partial charge on any atom is 0.325 e. The Morgan fingerprint density at radius 1 is 1.09 bits per heavy atom. The van der Waals surface area contributed by atoms with E-state index < -0.39 is 23.6 Å². The standard InChI is InChI=1S/C18H28O5/c1-4-14(23-17(21)18(2,3)16(19)20)22-15-12-6-10-5-11(8-12)9-13(15)7-10/h10-15H,4-9H2,1-3H3,(H,19,20). The quantitative estimate of drug-likeness (QED) is 0.461. The highest BCUT2D eigenvalue weighted by molar-refractivity contribution is 5.98. The summed E-state index contributed by atoms with van der Waals surface area (Å²) >= 11 is 0. The first-order valence-electron chi connectivity index (χ1n) is 8.91. The molecule has 0 aromatic carbocycles. The molecule has 0 saturated heterocycles. The Labute approximate surface area is 137 Å². The molecule has 5 nitrogen and oxygen atoms in total. The van der Waals surface area contributed by atoms with Gasteiger partial charge in [-0.05, 0) is 69.6 Å². The van der Waals surface area contributed by atoms with Crippen molar-refractivity contribution in [3.05, 3.63) is 0 Å². The summed E-state index contributed by atoms with van der Waals surface area (Å²) in [7, 11) is 0. The van der Waals surface area contributed by atoms with Gasteiger partial charge in [0.2, 0.25) is 6.29 Å². The zero-order valence-electron chi connectivity index (χ0n) is 14.3. The molecule has 1 atom stereocenters. The first-order valence-corrected chi connectivity index (χ1v) is 8.91. The fourth-order valence-corrected chi connectivity index (χ4v) is 4.83. The van der Waals surface area contributed by atoms with Gasteiger partial charge in [0.15, 0.2) is 5.41 Å². The molecule has 1 N–H and O–H groups in total. The van der Waals surface area contributed by atoms with E-state index in [0.29, 0.717) is 18.3 Å². The van der Waals surface area contributed by atoms with Crippen molar-refractivity contribution >= 4 is 11.9 Å². The molecular weight excluding hydrogens is 296 g/mol. The van der Waals surface area contributed by atoms with Gasteiger partial charge in [0.1, 0.15) is 0 Å². The van der Waals surface area contributed by atoms with Gasteiger partial charge < -0.3 is 14.6 Å². The third-order valence-corrected chi connectivity index (χ3v) is 6.07. The third-order valence-electron chi connectivity index (χ3n) is 6.07. The molecule has 0 radical (unpaired) electrons. The van der Waals surface area contributed by atoms with Crippen LogP contribution >= 0.6 is 0 Å². The van der Waals surface area contributed by atoms with E-state index in [2.05, 4.69) is 0 Å². The molecule has 4 bridgehead atoms. The molecule has 4 saturated carbocycles. The number of carbonyl (C=O) groups is 2. The number of carboxylic acids is 1. The van der Waals surface area contributed by atoms with Gasteiger partial charge >= 0.3 is 11.9 Å². The molecule has 5 heteroatoms. The summed E-state index contributed by atoms with van der Waals surface area (Å²) < 4.78 is 11.6. The second-order valence-electron chi connectivity index (χ2n) is 8.20. The third kappa shape index (κ3) is 3.12. The Morgan fingerprint density at radius 2 is 1.61 bits per heavy atom. The molecular formula is C18H28O5. The van der Waals surface area contributed by atoms with Crippen LogP contribution in [-0.4, -0.2) is 29.4 Å². The maximum atomic E-state index is 12.1. The minimum Gasteiger partial charge on any atom is -0.480 e. The number of aliphatic carboxylic acids is 1. The van der Waals surface area contributed by atoms with Gasteiger partial charge in [0.25, 0.3) is 0 Å². The minimum atomic E-state index is -1.54. The smallest absolute Gasteiger partial charge is 0.325 e. The zero-order valence-corrected chi connectivity index (χ0v) is 14.3. The molecule has 0 aromatic heterocycles. The fraction of sp³-hybridized carbons (Fsp3) is 0.889. The van der Waals surface area contributed by atoms with E-state index in [4.69, 9.17) is 14.6 Å². The van der Waals surface area contributed by atoms with E-state index in [9.17, 15) is 9.59 Å². The number of hydrogen-bond donors (Lipinski definition) is 1. The molecule has 4 rings (SSSR count). The van der Waals surface area contributed by atoms with Gasteiger partial charge in [-0.2, -0.15) is 0 Å². The van der Waals surface area contributed by atoms with Crippen LogP contribution in [0.25, 0.3) is 0 Å². The van der Waals surface area contributed by atoms with Crippen molar-refractivity contribution in [3.63, 3.8) is 0 Å². The molecule has 0 amide bonds. The maximum absolute atomic E-state index is 12.1. The molecule has 4 fully saturated rings. The number of rotatable bonds is 6. The van der Waals surface area contributed by atoms with Gasteiger partial charge in [-0.25, -0.2) is 0 Å². The lowest BCUT2D eigenvalue weighted by Crippen LogP contribution is -2.51. The zero-order chi connectivity index (χ0) is 16.8. The molecule has 4 aliphatic rings. The SMILES string of the molecule is CCC(OC(=O)C(C)(C)C(=O)O)OC1C2CC3CC(C2)CC1C3. The number of carbonyl (C=O) groups excluding carboxylic acids is 1. The van der Waals surface area contributed by atoms with Gasteiger partial charge in [-0.3, -0.25) is 9.59 Å². The van der Waals surface area contributed by atoms with E-state index in [0.717, 1.165) is 11.8 Å². The predicted octanol–water partition coefficient (Wildman–Crippen LogP) is 3.22. The monoisotopic (exact) mass is 324 g/mol. The second kappa shape index (κ2) is 6.08. The number of carboxylic acid groups (broad SMARTS) is 1. The van der Waals surface area contributed by atoms with Crippen molar-refractivity contribution in [2.75, 3.05) is 0 Å². The summed E-state index contributed by atoms with van der Waals surface area (Å²) in [6.07, 6.45) is 6.43. The van der Waals surface area contributed by atoms with Crippen LogP contribution < -0.4 is 0 Å². The van der Waals surface area contributed by atoms with Crippen molar-refractivity contribution in [2.24, 2.45) is 29.1 Å². The van der Waals surface area contributed by atoms with Crippen LogP contribution in [0.15, 0.2) is 0 Å². The average molecular weight is 324 g/mol. The highest BCUT2D eigenvalue weighted by atomic mass is 16.7. The lowest BCUT2D eigenvalue weighted by atomic mass is 9.55. The van der Waals surface area contributed by atoms with E-state index in [1.54, 1.807) is 0 Å². The largest absolute Gasteiger partial charge is 0.480 e. The molecule has 0 spiro atoms. The van der Waals surface area contributed by atoms with E-state index >= 15 is 0 Å². The normalized spacial score (nSPS) is 36.7. The number of hydrogen-bond acceptors (Lipinski definition) is 4. The topological polar surface area (TPSA) is 72.8 Å². The summed E-state index contributed by atoms with van der Waals surface area (Å²) in [6, 6.07) is 0. The Morgan fingerprint density at radius 3 is 2.04 bits per heavy atom. The summed E-state index contributed by atoms with van der Waals surface area (Å²) in [5, 5.41) is 9.14. The number of esters is 1. The highest BCUT2D eigenvalue weighted by Gasteiger charge is 2.50. The van der Waals surface area contributed by atoms with Crippen molar-refractivity contribution in [2.45, 2.75) is 71.7 Å². The molecule has 23 heavy (non-hydrogen) atoms. The van der Waals surface area contributed by atoms with E-state index in [-0.39, 0.29) is 6.10 Å². The Balaban J connectivity index is 1.62. The van der Waals surface area contributed by atoms with Crippen LogP contribution in [-0.2, 0) is 19.1 Å². The van der Waals surface area contributed by atoms with E-state index in [1.165, 1.54) is 46.0 Å². The predicted molar refractivity (Wildman–Crippen MR) is 83.5 cm³/mol. The Hall–Kier alpha value is -1.10. The van der Waals surface area contributed by atoms with Crippen LogP contribution in [0.3, 0.4) is 0 Å². The summed E-state index contributed by atoms with van der Waals surface area (Å²) in [6.45, 7) is 4.64. The average Bonchev–Trinajstić information content (AvgIpc) is 2.48. The van der Waals surface area contributed by atoms with Gasteiger partial charge in [-0.1, -0.05) is 6.92 Å². The summed E-state index contributed by atoms with van der Waals surface area (Å²) in [5.74, 6) is 1.02. The minimum absolute atomic E-state index is 0.175. The Bertz CT molecular complexity index is 456. The highest BCUT2D eigenvalue weighted by Crippen LogP contribution is 2.54. The van der Waals surface area contributed by atoms with E-state index in [1.807, 2.05) is 6.92 Å². The molecule has 4 aliphatic carbocycles. The molecule has 130 valence electrons. The summed E-state index contributed by atoms with van der Waals surface area (Å²) in [5.41, 5.74) is -1.54. The van der Waals surface area contributed by atoms with Crippen LogP contribution in [0.4, 0.5) is 0 Å².